The monoisotopic (exact) mass is 286 g/mol. The average molecular weight is 286 g/mol. The van der Waals surface area contributed by atoms with Crippen molar-refractivity contribution in [3.63, 3.8) is 0 Å². The highest BCUT2D eigenvalue weighted by atomic mass is 16.6. The van der Waals surface area contributed by atoms with Crippen LogP contribution in [-0.4, -0.2) is 41.5 Å². The van der Waals surface area contributed by atoms with Crippen molar-refractivity contribution in [1.82, 2.24) is 4.90 Å². The standard InChI is InChI=1S/C15H18N4O2/c1-11-9-17-6-2-3-14(17)10-18(11)15-5-4-13(19(20)21)7-12(15)8-16/h4-5,7,11,14H,2-3,6,9-10H2,1H3. The van der Waals surface area contributed by atoms with Crippen LogP contribution in [0, 0.1) is 21.4 Å². The number of piperazine rings is 1. The van der Waals surface area contributed by atoms with Gasteiger partial charge in [0.15, 0.2) is 0 Å². The number of nitro groups is 1. The van der Waals surface area contributed by atoms with Gasteiger partial charge in [0.2, 0.25) is 0 Å². The molecule has 2 aliphatic heterocycles. The summed E-state index contributed by atoms with van der Waals surface area (Å²) in [6.07, 6.45) is 2.43. The Hall–Kier alpha value is -2.13. The highest BCUT2D eigenvalue weighted by Gasteiger charge is 2.35. The molecule has 0 amide bonds. The van der Waals surface area contributed by atoms with Gasteiger partial charge in [0, 0.05) is 37.3 Å². The van der Waals surface area contributed by atoms with Crippen molar-refractivity contribution in [3.8, 4) is 6.07 Å². The molecule has 6 nitrogen and oxygen atoms in total. The molecule has 2 aliphatic rings. The number of nitrogens with zero attached hydrogens (tertiary/aromatic N) is 4. The van der Waals surface area contributed by atoms with Crippen molar-refractivity contribution >= 4 is 11.4 Å². The summed E-state index contributed by atoms with van der Waals surface area (Å²) >= 11 is 0. The smallest absolute Gasteiger partial charge is 0.270 e. The molecule has 0 aromatic heterocycles. The van der Waals surface area contributed by atoms with Crippen molar-refractivity contribution in [3.05, 3.63) is 33.9 Å². The second kappa shape index (κ2) is 5.34. The Bertz CT molecular complexity index is 610. The second-order valence-corrected chi connectivity index (χ2v) is 5.86. The lowest BCUT2D eigenvalue weighted by molar-refractivity contribution is -0.384. The van der Waals surface area contributed by atoms with Crippen molar-refractivity contribution in [2.24, 2.45) is 0 Å². The Morgan fingerprint density at radius 1 is 1.43 bits per heavy atom. The van der Waals surface area contributed by atoms with Gasteiger partial charge in [-0.05, 0) is 32.4 Å². The number of non-ortho nitro benzene ring substituents is 1. The van der Waals surface area contributed by atoms with Gasteiger partial charge in [-0.15, -0.1) is 0 Å². The Morgan fingerprint density at radius 2 is 2.24 bits per heavy atom. The quantitative estimate of drug-likeness (QED) is 0.615. The van der Waals surface area contributed by atoms with Gasteiger partial charge in [-0.25, -0.2) is 0 Å². The maximum Gasteiger partial charge on any atom is 0.270 e. The van der Waals surface area contributed by atoms with Crippen LogP contribution in [-0.2, 0) is 0 Å². The number of fused-ring (bicyclic) bond motifs is 1. The Balaban J connectivity index is 1.92. The second-order valence-electron chi connectivity index (χ2n) is 5.86. The third kappa shape index (κ3) is 2.45. The first kappa shape index (κ1) is 13.8. The van der Waals surface area contributed by atoms with Gasteiger partial charge in [-0.2, -0.15) is 5.26 Å². The molecule has 0 spiro atoms. The molecule has 2 saturated heterocycles. The molecule has 2 atom stereocenters. The molecule has 110 valence electrons. The van der Waals surface area contributed by atoms with E-state index in [1.165, 1.54) is 25.0 Å². The minimum absolute atomic E-state index is 0.0255. The van der Waals surface area contributed by atoms with Crippen LogP contribution in [0.4, 0.5) is 11.4 Å². The summed E-state index contributed by atoms with van der Waals surface area (Å²) in [5.74, 6) is 0. The van der Waals surface area contributed by atoms with Gasteiger partial charge in [0.25, 0.3) is 5.69 Å². The van der Waals surface area contributed by atoms with E-state index in [9.17, 15) is 15.4 Å². The molecule has 0 radical (unpaired) electrons. The summed E-state index contributed by atoms with van der Waals surface area (Å²) in [5.41, 5.74) is 1.19. The van der Waals surface area contributed by atoms with Crippen LogP contribution in [0.3, 0.4) is 0 Å². The highest BCUT2D eigenvalue weighted by molar-refractivity contribution is 5.63. The predicted octanol–water partition coefficient (Wildman–Crippen LogP) is 2.14. The Morgan fingerprint density at radius 3 is 2.95 bits per heavy atom. The maximum absolute atomic E-state index is 10.8. The lowest BCUT2D eigenvalue weighted by Gasteiger charge is -2.43. The SMILES string of the molecule is CC1CN2CCCC2CN1c1ccc([N+](=O)[O-])cc1C#N. The zero-order chi connectivity index (χ0) is 15.0. The summed E-state index contributed by atoms with van der Waals surface area (Å²) in [6, 6.07) is 7.55. The van der Waals surface area contributed by atoms with Gasteiger partial charge in [0.05, 0.1) is 16.2 Å². The molecule has 6 heteroatoms. The molecule has 0 N–H and O–H groups in total. The number of rotatable bonds is 2. The molecule has 21 heavy (non-hydrogen) atoms. The van der Waals surface area contributed by atoms with Crippen LogP contribution in [0.5, 0.6) is 0 Å². The van der Waals surface area contributed by atoms with Crippen LogP contribution in [0.1, 0.15) is 25.3 Å². The lowest BCUT2D eigenvalue weighted by atomic mass is 10.0. The van der Waals surface area contributed by atoms with Crippen LogP contribution in [0.15, 0.2) is 18.2 Å². The summed E-state index contributed by atoms with van der Waals surface area (Å²) < 4.78 is 0. The number of hydrogen-bond donors (Lipinski definition) is 0. The lowest BCUT2D eigenvalue weighted by Crippen LogP contribution is -2.55. The first-order valence-electron chi connectivity index (χ1n) is 7.29. The molecule has 3 rings (SSSR count). The van der Waals surface area contributed by atoms with E-state index in [2.05, 4.69) is 22.8 Å². The Labute approximate surface area is 123 Å². The van der Waals surface area contributed by atoms with Crippen molar-refractivity contribution in [1.29, 1.82) is 5.26 Å². The molecule has 2 fully saturated rings. The van der Waals surface area contributed by atoms with E-state index in [-0.39, 0.29) is 5.69 Å². The van der Waals surface area contributed by atoms with E-state index in [4.69, 9.17) is 0 Å². The van der Waals surface area contributed by atoms with Gasteiger partial charge >= 0.3 is 0 Å². The molecular formula is C15H18N4O2. The summed E-state index contributed by atoms with van der Waals surface area (Å²) in [4.78, 5) is 15.1. The largest absolute Gasteiger partial charge is 0.365 e. The summed E-state index contributed by atoms with van der Waals surface area (Å²) in [5, 5.41) is 20.2. The van der Waals surface area contributed by atoms with E-state index in [0.717, 1.165) is 25.3 Å². The van der Waals surface area contributed by atoms with Gasteiger partial charge in [-0.1, -0.05) is 0 Å². The van der Waals surface area contributed by atoms with E-state index in [1.54, 1.807) is 6.07 Å². The van der Waals surface area contributed by atoms with Crippen LogP contribution < -0.4 is 4.90 Å². The minimum Gasteiger partial charge on any atom is -0.365 e. The van der Waals surface area contributed by atoms with Gasteiger partial charge < -0.3 is 4.90 Å². The number of hydrogen-bond acceptors (Lipinski definition) is 5. The molecular weight excluding hydrogens is 268 g/mol. The first-order valence-corrected chi connectivity index (χ1v) is 7.29. The third-order valence-electron chi connectivity index (χ3n) is 4.56. The normalized spacial score (nSPS) is 25.4. The average Bonchev–Trinajstić information content (AvgIpc) is 2.92. The fourth-order valence-electron chi connectivity index (χ4n) is 3.50. The number of benzene rings is 1. The first-order chi connectivity index (χ1) is 10.1. The Kier molecular flexibility index (Phi) is 3.52. The molecule has 2 heterocycles. The highest BCUT2D eigenvalue weighted by Crippen LogP contribution is 2.32. The predicted molar refractivity (Wildman–Crippen MR) is 79.2 cm³/mol. The maximum atomic E-state index is 10.8. The van der Waals surface area contributed by atoms with E-state index < -0.39 is 4.92 Å². The number of anilines is 1. The van der Waals surface area contributed by atoms with Crippen LogP contribution in [0.2, 0.25) is 0 Å². The van der Waals surface area contributed by atoms with Crippen molar-refractivity contribution in [2.75, 3.05) is 24.5 Å². The number of nitro benzene ring substituents is 1. The van der Waals surface area contributed by atoms with E-state index in [1.807, 2.05) is 0 Å². The zero-order valence-corrected chi connectivity index (χ0v) is 12.0. The molecule has 2 unspecified atom stereocenters. The molecule has 0 saturated carbocycles. The molecule has 0 aliphatic carbocycles. The zero-order valence-electron chi connectivity index (χ0n) is 12.0. The van der Waals surface area contributed by atoms with E-state index in [0.29, 0.717) is 17.6 Å². The van der Waals surface area contributed by atoms with Gasteiger partial charge in [0.1, 0.15) is 6.07 Å². The summed E-state index contributed by atoms with van der Waals surface area (Å²) in [7, 11) is 0. The minimum atomic E-state index is -0.455. The van der Waals surface area contributed by atoms with Crippen molar-refractivity contribution in [2.45, 2.75) is 31.8 Å². The van der Waals surface area contributed by atoms with Crippen LogP contribution in [0.25, 0.3) is 0 Å². The molecule has 0 bridgehead atoms. The fraction of sp³-hybridized carbons (Fsp3) is 0.533. The van der Waals surface area contributed by atoms with E-state index >= 15 is 0 Å². The van der Waals surface area contributed by atoms with Crippen molar-refractivity contribution < 1.29 is 4.92 Å². The molecule has 1 aromatic rings. The fourth-order valence-corrected chi connectivity index (χ4v) is 3.50. The molecule has 1 aromatic carbocycles. The summed E-state index contributed by atoms with van der Waals surface area (Å²) in [6.45, 7) is 5.20. The van der Waals surface area contributed by atoms with Crippen LogP contribution >= 0.6 is 0 Å². The number of nitriles is 1. The third-order valence-corrected chi connectivity index (χ3v) is 4.56. The topological polar surface area (TPSA) is 73.4 Å². The van der Waals surface area contributed by atoms with Gasteiger partial charge in [-0.3, -0.25) is 15.0 Å².